The lowest BCUT2D eigenvalue weighted by molar-refractivity contribution is -0.128. The van der Waals surface area contributed by atoms with E-state index in [1.807, 2.05) is 33.1 Å². The minimum Gasteiger partial charge on any atom is -0.448 e. The number of H-pyrrole nitrogens is 1. The first kappa shape index (κ1) is 26.4. The number of aromatic amines is 1. The molecular weight excluding hydrogens is 514 g/mol. The van der Waals surface area contributed by atoms with E-state index >= 15 is 0 Å². The SMILES string of the molecule is CSc1cc(C)[nH]c(=O)c1CNC(=O)c1cc(Cl)c2c(c1C)O[C@](C)(C1CCN(CC3COC3)CC1)O2. The number of nitrogens with zero attached hydrogens (tertiary/aromatic N) is 1. The Hall–Kier alpha value is -2.20. The van der Waals surface area contributed by atoms with Crippen molar-refractivity contribution >= 4 is 29.3 Å². The molecule has 0 saturated carbocycles. The Morgan fingerprint density at radius 1 is 1.22 bits per heavy atom. The van der Waals surface area contributed by atoms with Gasteiger partial charge in [-0.2, -0.15) is 0 Å². The number of aromatic nitrogens is 1. The third-order valence-electron chi connectivity index (χ3n) is 7.72. The Labute approximate surface area is 226 Å². The standard InChI is InChI=1S/C27H34ClN3O5S/c1-15-9-22(37-4)20(26(33)30-15)11-29-25(32)19-10-21(28)24-23(16(19)2)35-27(3,36-24)18-5-7-31(8-6-18)12-17-13-34-14-17/h9-10,17-18H,5-8,11-14H2,1-4H3,(H,29,32)(H,30,33)/t27-/m0/s1. The lowest BCUT2D eigenvalue weighted by Crippen LogP contribution is -2.50. The molecule has 0 unspecified atom stereocenters. The number of hydrogen-bond acceptors (Lipinski definition) is 7. The summed E-state index contributed by atoms with van der Waals surface area (Å²) in [6, 6.07) is 3.53. The van der Waals surface area contributed by atoms with Gasteiger partial charge in [0.05, 0.1) is 18.2 Å². The number of rotatable bonds is 7. The Morgan fingerprint density at radius 2 is 1.92 bits per heavy atom. The van der Waals surface area contributed by atoms with E-state index in [1.54, 1.807) is 6.07 Å². The van der Waals surface area contributed by atoms with E-state index in [9.17, 15) is 9.59 Å². The summed E-state index contributed by atoms with van der Waals surface area (Å²) in [5, 5.41) is 3.22. The molecule has 0 radical (unpaired) electrons. The molecule has 1 atom stereocenters. The second kappa shape index (κ2) is 10.5. The third kappa shape index (κ3) is 5.24. The first-order chi connectivity index (χ1) is 17.7. The molecule has 2 N–H and O–H groups in total. The number of amides is 1. The van der Waals surface area contributed by atoms with Crippen molar-refractivity contribution in [1.29, 1.82) is 0 Å². The van der Waals surface area contributed by atoms with Gasteiger partial charge in [-0.05, 0) is 58.2 Å². The average molecular weight is 548 g/mol. The van der Waals surface area contributed by atoms with Crippen molar-refractivity contribution in [2.24, 2.45) is 11.8 Å². The number of halogens is 1. The fourth-order valence-electron chi connectivity index (χ4n) is 5.44. The maximum absolute atomic E-state index is 13.2. The summed E-state index contributed by atoms with van der Waals surface area (Å²) in [4.78, 5) is 31.8. The molecular formula is C27H34ClN3O5S. The van der Waals surface area contributed by atoms with E-state index in [-0.39, 0.29) is 23.9 Å². The van der Waals surface area contributed by atoms with Gasteiger partial charge >= 0.3 is 0 Å². The molecule has 0 bridgehead atoms. The van der Waals surface area contributed by atoms with Crippen LogP contribution >= 0.6 is 23.4 Å². The summed E-state index contributed by atoms with van der Waals surface area (Å²) >= 11 is 8.08. The minimum absolute atomic E-state index is 0.111. The Bertz CT molecular complexity index is 1260. The second-order valence-corrected chi connectivity index (χ2v) is 11.7. The zero-order valence-corrected chi connectivity index (χ0v) is 23.3. The first-order valence-electron chi connectivity index (χ1n) is 12.7. The molecule has 10 heteroatoms. The van der Waals surface area contributed by atoms with Crippen LogP contribution in [-0.4, -0.2) is 60.7 Å². The number of pyridine rings is 1. The van der Waals surface area contributed by atoms with Crippen molar-refractivity contribution in [3.8, 4) is 11.5 Å². The number of nitrogens with one attached hydrogen (secondary N) is 2. The zero-order valence-electron chi connectivity index (χ0n) is 21.7. The highest BCUT2D eigenvalue weighted by atomic mass is 35.5. The molecule has 2 fully saturated rings. The van der Waals surface area contributed by atoms with Crippen molar-refractivity contribution in [2.75, 3.05) is 39.1 Å². The van der Waals surface area contributed by atoms with E-state index in [0.29, 0.717) is 39.1 Å². The van der Waals surface area contributed by atoms with Gasteiger partial charge < -0.3 is 29.4 Å². The van der Waals surface area contributed by atoms with Crippen LogP contribution in [0, 0.1) is 25.7 Å². The number of ether oxygens (including phenoxy) is 3. The lowest BCUT2D eigenvalue weighted by atomic mass is 9.88. The van der Waals surface area contributed by atoms with E-state index < -0.39 is 5.79 Å². The topological polar surface area (TPSA) is 92.9 Å². The number of fused-ring (bicyclic) bond motifs is 1. The number of likely N-dealkylation sites (tertiary alicyclic amines) is 1. The van der Waals surface area contributed by atoms with Crippen LogP contribution in [0.3, 0.4) is 0 Å². The lowest BCUT2D eigenvalue weighted by Gasteiger charge is -2.40. The van der Waals surface area contributed by atoms with E-state index in [0.717, 1.165) is 56.3 Å². The van der Waals surface area contributed by atoms with E-state index in [1.165, 1.54) is 11.8 Å². The minimum atomic E-state index is -0.833. The average Bonchev–Trinajstić information content (AvgIpc) is 3.22. The number of benzene rings is 1. The number of piperidine rings is 1. The van der Waals surface area contributed by atoms with Gasteiger partial charge in [0, 0.05) is 59.1 Å². The van der Waals surface area contributed by atoms with Crippen molar-refractivity contribution in [3.05, 3.63) is 49.9 Å². The van der Waals surface area contributed by atoms with Crippen LogP contribution in [0.4, 0.5) is 0 Å². The summed E-state index contributed by atoms with van der Waals surface area (Å²) in [5.74, 6) is 0.719. The van der Waals surface area contributed by atoms with Crippen LogP contribution in [0.25, 0.3) is 0 Å². The molecule has 1 amide bonds. The van der Waals surface area contributed by atoms with Crippen LogP contribution < -0.4 is 20.3 Å². The number of hydrogen-bond donors (Lipinski definition) is 2. The van der Waals surface area contributed by atoms with Gasteiger partial charge in [-0.15, -0.1) is 11.8 Å². The number of carbonyl (C=O) groups is 1. The predicted octanol–water partition coefficient (Wildman–Crippen LogP) is 4.14. The van der Waals surface area contributed by atoms with E-state index in [2.05, 4.69) is 15.2 Å². The van der Waals surface area contributed by atoms with Gasteiger partial charge in [-0.1, -0.05) is 11.6 Å². The molecule has 8 nitrogen and oxygen atoms in total. The highest BCUT2D eigenvalue weighted by Gasteiger charge is 2.47. The number of aryl methyl sites for hydroxylation is 1. The second-order valence-electron chi connectivity index (χ2n) is 10.4. The molecule has 1 aromatic carbocycles. The molecule has 37 heavy (non-hydrogen) atoms. The Morgan fingerprint density at radius 3 is 2.57 bits per heavy atom. The molecule has 3 aliphatic heterocycles. The summed E-state index contributed by atoms with van der Waals surface area (Å²) in [7, 11) is 0. The molecule has 2 aromatic rings. The van der Waals surface area contributed by atoms with E-state index in [4.69, 9.17) is 25.8 Å². The predicted molar refractivity (Wildman–Crippen MR) is 144 cm³/mol. The fraction of sp³-hybridized carbons (Fsp3) is 0.556. The maximum Gasteiger partial charge on any atom is 0.254 e. The molecule has 4 heterocycles. The van der Waals surface area contributed by atoms with Crippen LogP contribution in [-0.2, 0) is 11.3 Å². The molecule has 0 spiro atoms. The molecule has 200 valence electrons. The normalized spacial score (nSPS) is 22.2. The van der Waals surface area contributed by atoms with Crippen molar-refractivity contribution in [3.63, 3.8) is 0 Å². The zero-order chi connectivity index (χ0) is 26.3. The van der Waals surface area contributed by atoms with Gasteiger partial charge in [0.25, 0.3) is 17.3 Å². The van der Waals surface area contributed by atoms with Crippen LogP contribution in [0.1, 0.15) is 46.9 Å². The van der Waals surface area contributed by atoms with Gasteiger partial charge in [0.15, 0.2) is 11.5 Å². The summed E-state index contributed by atoms with van der Waals surface area (Å²) in [6.45, 7) is 10.6. The highest BCUT2D eigenvalue weighted by molar-refractivity contribution is 7.98. The largest absolute Gasteiger partial charge is 0.448 e. The quantitative estimate of drug-likeness (QED) is 0.503. The van der Waals surface area contributed by atoms with Crippen molar-refractivity contribution in [1.82, 2.24) is 15.2 Å². The van der Waals surface area contributed by atoms with Crippen LogP contribution in [0.2, 0.25) is 5.02 Å². The summed E-state index contributed by atoms with van der Waals surface area (Å²) < 4.78 is 18.1. The fourth-order valence-corrected chi connectivity index (χ4v) is 6.38. The molecule has 2 saturated heterocycles. The Balaban J connectivity index is 1.28. The van der Waals surface area contributed by atoms with Crippen molar-refractivity contribution < 1.29 is 19.0 Å². The van der Waals surface area contributed by atoms with Gasteiger partial charge in [-0.25, -0.2) is 0 Å². The van der Waals surface area contributed by atoms with Gasteiger partial charge in [0.2, 0.25) is 0 Å². The van der Waals surface area contributed by atoms with Gasteiger partial charge in [-0.3, -0.25) is 9.59 Å². The highest BCUT2D eigenvalue weighted by Crippen LogP contribution is 2.51. The summed E-state index contributed by atoms with van der Waals surface area (Å²) in [6.07, 6.45) is 3.83. The number of thioether (sulfide) groups is 1. The Kier molecular flexibility index (Phi) is 7.51. The smallest absolute Gasteiger partial charge is 0.254 e. The molecule has 1 aromatic heterocycles. The van der Waals surface area contributed by atoms with Crippen LogP contribution in [0.15, 0.2) is 21.8 Å². The molecule has 3 aliphatic rings. The maximum atomic E-state index is 13.2. The third-order valence-corrected chi connectivity index (χ3v) is 8.81. The van der Waals surface area contributed by atoms with Crippen LogP contribution in [0.5, 0.6) is 11.5 Å². The molecule has 0 aliphatic carbocycles. The number of carbonyl (C=O) groups excluding carboxylic acids is 1. The van der Waals surface area contributed by atoms with Crippen molar-refractivity contribution in [2.45, 2.75) is 50.8 Å². The summed E-state index contributed by atoms with van der Waals surface area (Å²) in [5.41, 5.74) is 2.19. The van der Waals surface area contributed by atoms with Gasteiger partial charge in [0.1, 0.15) is 0 Å². The monoisotopic (exact) mass is 547 g/mol. The molecule has 5 rings (SSSR count). The first-order valence-corrected chi connectivity index (χ1v) is 14.3.